The highest BCUT2D eigenvalue weighted by molar-refractivity contribution is 7.99. The Kier molecular flexibility index (Phi) is 5.95. The van der Waals surface area contributed by atoms with Crippen molar-refractivity contribution < 1.29 is 8.42 Å². The first-order chi connectivity index (χ1) is 9.12. The fourth-order valence-electron chi connectivity index (χ4n) is 2.70. The Labute approximate surface area is 120 Å². The van der Waals surface area contributed by atoms with Gasteiger partial charge in [-0.3, -0.25) is 0 Å². The van der Waals surface area contributed by atoms with Crippen molar-refractivity contribution >= 4 is 22.0 Å². The van der Waals surface area contributed by atoms with Crippen molar-refractivity contribution in [1.82, 2.24) is 9.03 Å². The maximum absolute atomic E-state index is 12.3. The van der Waals surface area contributed by atoms with Gasteiger partial charge in [0.15, 0.2) is 0 Å². The van der Waals surface area contributed by atoms with Crippen LogP contribution in [-0.2, 0) is 10.2 Å². The molecular weight excluding hydrogens is 282 g/mol. The molecule has 0 aromatic rings. The number of hydrogen-bond acceptors (Lipinski definition) is 4. The Balaban J connectivity index is 1.83. The molecular formula is C12H25N3O2S2. The van der Waals surface area contributed by atoms with Crippen LogP contribution >= 0.6 is 11.8 Å². The molecule has 1 unspecified atom stereocenters. The van der Waals surface area contributed by atoms with Crippen molar-refractivity contribution in [3.05, 3.63) is 0 Å². The first-order valence-corrected chi connectivity index (χ1v) is 9.74. The molecule has 2 saturated heterocycles. The highest BCUT2D eigenvalue weighted by atomic mass is 32.2. The summed E-state index contributed by atoms with van der Waals surface area (Å²) in [5, 5.41) is 0. The minimum absolute atomic E-state index is 0.316. The van der Waals surface area contributed by atoms with Crippen molar-refractivity contribution in [1.29, 1.82) is 0 Å². The van der Waals surface area contributed by atoms with Gasteiger partial charge in [0, 0.05) is 19.6 Å². The summed E-state index contributed by atoms with van der Waals surface area (Å²) >= 11 is 1.96. The first-order valence-electron chi connectivity index (χ1n) is 7.14. The van der Waals surface area contributed by atoms with Crippen LogP contribution in [0.15, 0.2) is 0 Å². The second-order valence-electron chi connectivity index (χ2n) is 5.51. The van der Waals surface area contributed by atoms with E-state index in [2.05, 4.69) is 4.72 Å². The Hall–Kier alpha value is 0.180. The third-order valence-electron chi connectivity index (χ3n) is 4.05. The second-order valence-corrected chi connectivity index (χ2v) is 8.49. The van der Waals surface area contributed by atoms with Crippen LogP contribution in [0.4, 0.5) is 0 Å². The number of nitrogens with one attached hydrogen (secondary N) is 1. The maximum Gasteiger partial charge on any atom is 0.279 e. The maximum atomic E-state index is 12.3. The van der Waals surface area contributed by atoms with Crippen molar-refractivity contribution in [2.45, 2.75) is 25.7 Å². The summed E-state index contributed by atoms with van der Waals surface area (Å²) in [6.45, 7) is 2.37. The van der Waals surface area contributed by atoms with Crippen molar-refractivity contribution in [2.75, 3.05) is 37.7 Å². The van der Waals surface area contributed by atoms with Gasteiger partial charge in [-0.05, 0) is 55.6 Å². The van der Waals surface area contributed by atoms with Crippen LogP contribution in [0, 0.1) is 11.8 Å². The molecule has 0 radical (unpaired) electrons. The van der Waals surface area contributed by atoms with Gasteiger partial charge in [0.1, 0.15) is 0 Å². The lowest BCUT2D eigenvalue weighted by atomic mass is 10.0. The Morgan fingerprint density at radius 3 is 2.63 bits per heavy atom. The lowest BCUT2D eigenvalue weighted by Gasteiger charge is -2.32. The van der Waals surface area contributed by atoms with Gasteiger partial charge < -0.3 is 5.73 Å². The molecule has 0 aromatic carbocycles. The van der Waals surface area contributed by atoms with Crippen molar-refractivity contribution in [2.24, 2.45) is 17.6 Å². The lowest BCUT2D eigenvalue weighted by Crippen LogP contribution is -2.48. The third-order valence-corrected chi connectivity index (χ3v) is 6.64. The minimum Gasteiger partial charge on any atom is -0.330 e. The number of piperidine rings is 1. The lowest BCUT2D eigenvalue weighted by molar-refractivity contribution is 0.267. The predicted molar refractivity (Wildman–Crippen MR) is 80.3 cm³/mol. The van der Waals surface area contributed by atoms with Gasteiger partial charge in [0.25, 0.3) is 10.2 Å². The SMILES string of the molecule is NCC1CCCN(S(=O)(=O)NCC2CCSCC2)C1. The molecule has 0 aliphatic carbocycles. The molecule has 2 heterocycles. The van der Waals surface area contributed by atoms with Crippen LogP contribution in [0.25, 0.3) is 0 Å². The van der Waals surface area contributed by atoms with E-state index in [9.17, 15) is 8.42 Å². The molecule has 0 aromatic heterocycles. The van der Waals surface area contributed by atoms with Crippen LogP contribution in [0.1, 0.15) is 25.7 Å². The minimum atomic E-state index is -3.30. The number of rotatable bonds is 5. The van der Waals surface area contributed by atoms with Crippen molar-refractivity contribution in [3.8, 4) is 0 Å². The van der Waals surface area contributed by atoms with E-state index in [0.29, 0.717) is 38.0 Å². The molecule has 19 heavy (non-hydrogen) atoms. The summed E-state index contributed by atoms with van der Waals surface area (Å²) in [5.74, 6) is 3.14. The summed E-state index contributed by atoms with van der Waals surface area (Å²) in [5.41, 5.74) is 5.66. The van der Waals surface area contributed by atoms with E-state index in [1.165, 1.54) is 0 Å². The third kappa shape index (κ3) is 4.60. The van der Waals surface area contributed by atoms with E-state index in [0.717, 1.165) is 37.2 Å². The molecule has 0 spiro atoms. The van der Waals surface area contributed by atoms with Crippen LogP contribution in [0.5, 0.6) is 0 Å². The summed E-state index contributed by atoms with van der Waals surface area (Å²) in [4.78, 5) is 0. The summed E-state index contributed by atoms with van der Waals surface area (Å²) in [6, 6.07) is 0. The monoisotopic (exact) mass is 307 g/mol. The van der Waals surface area contributed by atoms with E-state index in [1.54, 1.807) is 4.31 Å². The zero-order valence-electron chi connectivity index (χ0n) is 11.4. The van der Waals surface area contributed by atoms with Gasteiger partial charge in [-0.15, -0.1) is 0 Å². The van der Waals surface area contributed by atoms with Gasteiger partial charge >= 0.3 is 0 Å². The zero-order chi connectivity index (χ0) is 13.7. The molecule has 7 heteroatoms. The van der Waals surface area contributed by atoms with Gasteiger partial charge in [-0.1, -0.05) is 0 Å². The molecule has 112 valence electrons. The van der Waals surface area contributed by atoms with E-state index in [1.807, 2.05) is 11.8 Å². The first kappa shape index (κ1) is 15.6. The standard InChI is InChI=1S/C12H25N3O2S2/c13-8-12-2-1-5-15(10-12)19(16,17)14-9-11-3-6-18-7-4-11/h11-12,14H,1-10,13H2. The molecule has 2 aliphatic heterocycles. The quantitative estimate of drug-likeness (QED) is 0.781. The van der Waals surface area contributed by atoms with E-state index in [4.69, 9.17) is 5.73 Å². The fraction of sp³-hybridized carbons (Fsp3) is 1.00. The second kappa shape index (κ2) is 7.26. The predicted octanol–water partition coefficient (Wildman–Crippen LogP) is 0.635. The molecule has 2 rings (SSSR count). The van der Waals surface area contributed by atoms with E-state index < -0.39 is 10.2 Å². The summed E-state index contributed by atoms with van der Waals surface area (Å²) in [7, 11) is -3.30. The number of nitrogens with zero attached hydrogens (tertiary/aromatic N) is 1. The molecule has 0 amide bonds. The zero-order valence-corrected chi connectivity index (χ0v) is 13.0. The van der Waals surface area contributed by atoms with Gasteiger partial charge in [-0.2, -0.15) is 24.5 Å². The van der Waals surface area contributed by atoms with Gasteiger partial charge in [0.2, 0.25) is 0 Å². The molecule has 2 aliphatic rings. The number of nitrogens with two attached hydrogens (primary N) is 1. The van der Waals surface area contributed by atoms with Crippen LogP contribution in [0.2, 0.25) is 0 Å². The Morgan fingerprint density at radius 1 is 1.21 bits per heavy atom. The Bertz CT molecular complexity index is 369. The number of hydrogen-bond donors (Lipinski definition) is 2. The highest BCUT2D eigenvalue weighted by Gasteiger charge is 2.28. The molecule has 0 saturated carbocycles. The molecule has 2 fully saturated rings. The van der Waals surface area contributed by atoms with Crippen molar-refractivity contribution in [3.63, 3.8) is 0 Å². The van der Waals surface area contributed by atoms with Crippen LogP contribution in [0.3, 0.4) is 0 Å². The Morgan fingerprint density at radius 2 is 1.95 bits per heavy atom. The van der Waals surface area contributed by atoms with E-state index >= 15 is 0 Å². The van der Waals surface area contributed by atoms with E-state index in [-0.39, 0.29) is 0 Å². The molecule has 5 nitrogen and oxygen atoms in total. The average molecular weight is 307 g/mol. The fourth-order valence-corrected chi connectivity index (χ4v) is 5.31. The summed E-state index contributed by atoms with van der Waals surface area (Å²) in [6.07, 6.45) is 4.21. The largest absolute Gasteiger partial charge is 0.330 e. The van der Waals surface area contributed by atoms with Crippen LogP contribution < -0.4 is 10.5 Å². The van der Waals surface area contributed by atoms with Gasteiger partial charge in [-0.25, -0.2) is 4.72 Å². The average Bonchev–Trinajstić information content (AvgIpc) is 2.46. The molecule has 3 N–H and O–H groups in total. The van der Waals surface area contributed by atoms with Crippen LogP contribution in [-0.4, -0.2) is 50.4 Å². The molecule has 0 bridgehead atoms. The highest BCUT2D eigenvalue weighted by Crippen LogP contribution is 2.23. The smallest absolute Gasteiger partial charge is 0.279 e. The number of thioether (sulfide) groups is 1. The summed E-state index contributed by atoms with van der Waals surface area (Å²) < 4.78 is 28.9. The normalized spacial score (nSPS) is 27.5. The molecule has 1 atom stereocenters. The topological polar surface area (TPSA) is 75.4 Å². The van der Waals surface area contributed by atoms with Gasteiger partial charge in [0.05, 0.1) is 0 Å².